The molecule has 1 aromatic carbocycles. The first-order valence-corrected chi connectivity index (χ1v) is 8.86. The molecule has 2 atom stereocenters. The standard InChI is InChI=1S/C15H16F3NO6S/c1-25-13(20)6-9-3-2-4-10(5-9)26(23,24)19-7-11(14(21)22)12(8-19)15(16,17)18/h2-5,11-12H,6-8H2,1H3,(H,21,22)/t11-,12-/m1/s1. The number of rotatable bonds is 5. The van der Waals surface area contributed by atoms with Crippen molar-refractivity contribution in [1.82, 2.24) is 4.31 Å². The van der Waals surface area contributed by atoms with Crippen LogP contribution in [0, 0.1) is 11.8 Å². The maximum atomic E-state index is 13.0. The van der Waals surface area contributed by atoms with Crippen LogP contribution in [-0.2, 0) is 30.8 Å². The van der Waals surface area contributed by atoms with Gasteiger partial charge in [-0.15, -0.1) is 0 Å². The van der Waals surface area contributed by atoms with Crippen LogP contribution >= 0.6 is 0 Å². The van der Waals surface area contributed by atoms with Crippen LogP contribution in [0.2, 0.25) is 0 Å². The van der Waals surface area contributed by atoms with E-state index in [2.05, 4.69) is 4.74 Å². The first-order chi connectivity index (χ1) is 12.0. The number of methoxy groups -OCH3 is 1. The van der Waals surface area contributed by atoms with Gasteiger partial charge in [0.2, 0.25) is 10.0 Å². The second kappa shape index (κ2) is 7.23. The highest BCUT2D eigenvalue weighted by Crippen LogP contribution is 2.39. The highest BCUT2D eigenvalue weighted by atomic mass is 32.2. The Bertz CT molecular complexity index is 808. The predicted molar refractivity (Wildman–Crippen MR) is 81.6 cm³/mol. The Balaban J connectivity index is 2.32. The highest BCUT2D eigenvalue weighted by Gasteiger charge is 2.54. The van der Waals surface area contributed by atoms with E-state index in [0.717, 1.165) is 13.2 Å². The summed E-state index contributed by atoms with van der Waals surface area (Å²) in [6.45, 7) is -1.74. The molecule has 0 spiro atoms. The molecule has 0 unspecified atom stereocenters. The van der Waals surface area contributed by atoms with E-state index in [1.807, 2.05) is 0 Å². The fourth-order valence-electron chi connectivity index (χ4n) is 2.75. The fraction of sp³-hybridized carbons (Fsp3) is 0.467. The molecular weight excluding hydrogens is 379 g/mol. The number of ether oxygens (including phenoxy) is 1. The van der Waals surface area contributed by atoms with Crippen LogP contribution in [0.15, 0.2) is 29.2 Å². The van der Waals surface area contributed by atoms with Gasteiger partial charge in [0.1, 0.15) is 0 Å². The summed E-state index contributed by atoms with van der Waals surface area (Å²) < 4.78 is 69.4. The monoisotopic (exact) mass is 395 g/mol. The normalized spacial score (nSPS) is 21.5. The summed E-state index contributed by atoms with van der Waals surface area (Å²) in [4.78, 5) is 22.1. The van der Waals surface area contributed by atoms with Crippen LogP contribution in [0.5, 0.6) is 0 Å². The largest absolute Gasteiger partial charge is 0.481 e. The molecular formula is C15H16F3NO6S. The molecule has 1 N–H and O–H groups in total. The van der Waals surface area contributed by atoms with Gasteiger partial charge < -0.3 is 9.84 Å². The average molecular weight is 395 g/mol. The van der Waals surface area contributed by atoms with Gasteiger partial charge in [0.15, 0.2) is 0 Å². The van der Waals surface area contributed by atoms with Crippen molar-refractivity contribution in [3.8, 4) is 0 Å². The zero-order chi connectivity index (χ0) is 19.7. The molecule has 1 aliphatic heterocycles. The van der Waals surface area contributed by atoms with Crippen LogP contribution in [-0.4, -0.2) is 56.1 Å². The highest BCUT2D eigenvalue weighted by molar-refractivity contribution is 7.89. The molecule has 1 aromatic rings. The number of halogens is 3. The number of alkyl halides is 3. The summed E-state index contributed by atoms with van der Waals surface area (Å²) in [5.41, 5.74) is 0.305. The van der Waals surface area contributed by atoms with Gasteiger partial charge >= 0.3 is 18.1 Å². The molecule has 0 saturated carbocycles. The third-order valence-corrected chi connectivity index (χ3v) is 5.96. The summed E-state index contributed by atoms with van der Waals surface area (Å²) in [7, 11) is -3.18. The number of sulfonamides is 1. The van der Waals surface area contributed by atoms with Gasteiger partial charge in [0, 0.05) is 13.1 Å². The third-order valence-electron chi connectivity index (χ3n) is 4.14. The van der Waals surface area contributed by atoms with E-state index in [0.29, 0.717) is 9.87 Å². The lowest BCUT2D eigenvalue weighted by Crippen LogP contribution is -2.34. The van der Waals surface area contributed by atoms with Crippen molar-refractivity contribution in [2.24, 2.45) is 11.8 Å². The van der Waals surface area contributed by atoms with Crippen LogP contribution in [0.3, 0.4) is 0 Å². The molecule has 26 heavy (non-hydrogen) atoms. The van der Waals surface area contributed by atoms with Gasteiger partial charge in [0.05, 0.1) is 30.3 Å². The number of esters is 1. The van der Waals surface area contributed by atoms with E-state index < -0.39 is 53.1 Å². The minimum absolute atomic E-state index is 0.206. The van der Waals surface area contributed by atoms with Crippen molar-refractivity contribution in [3.05, 3.63) is 29.8 Å². The van der Waals surface area contributed by atoms with E-state index in [4.69, 9.17) is 5.11 Å². The first-order valence-electron chi connectivity index (χ1n) is 7.42. The van der Waals surface area contributed by atoms with Crippen LogP contribution < -0.4 is 0 Å². The average Bonchev–Trinajstić information content (AvgIpc) is 3.01. The maximum absolute atomic E-state index is 13.0. The second-order valence-corrected chi connectivity index (χ2v) is 7.75. The predicted octanol–water partition coefficient (Wildman–Crippen LogP) is 1.29. The van der Waals surface area contributed by atoms with Crippen molar-refractivity contribution < 1.29 is 41.0 Å². The molecule has 11 heteroatoms. The number of carbonyl (C=O) groups is 2. The van der Waals surface area contributed by atoms with Gasteiger partial charge in [-0.3, -0.25) is 9.59 Å². The molecule has 0 bridgehead atoms. The lowest BCUT2D eigenvalue weighted by Gasteiger charge is -2.18. The van der Waals surface area contributed by atoms with Crippen LogP contribution in [0.25, 0.3) is 0 Å². The number of benzene rings is 1. The summed E-state index contributed by atoms with van der Waals surface area (Å²) in [5.74, 6) is -6.47. The Hall–Kier alpha value is -2.14. The Labute approximate surface area is 147 Å². The number of carboxylic acid groups (broad SMARTS) is 1. The molecule has 0 aromatic heterocycles. The molecule has 1 fully saturated rings. The van der Waals surface area contributed by atoms with E-state index in [1.54, 1.807) is 0 Å². The number of carboxylic acids is 1. The van der Waals surface area contributed by atoms with Gasteiger partial charge in [-0.05, 0) is 17.7 Å². The Kier molecular flexibility index (Phi) is 5.61. The third kappa shape index (κ3) is 4.15. The molecule has 0 radical (unpaired) electrons. The molecule has 1 aliphatic rings. The van der Waals surface area contributed by atoms with E-state index in [1.165, 1.54) is 18.2 Å². The molecule has 7 nitrogen and oxygen atoms in total. The Morgan fingerprint density at radius 1 is 1.31 bits per heavy atom. The van der Waals surface area contributed by atoms with Gasteiger partial charge in [-0.1, -0.05) is 12.1 Å². The van der Waals surface area contributed by atoms with E-state index in [9.17, 15) is 31.2 Å². The molecule has 0 aliphatic carbocycles. The molecule has 2 rings (SSSR count). The molecule has 1 saturated heterocycles. The lowest BCUT2D eigenvalue weighted by atomic mass is 9.96. The van der Waals surface area contributed by atoms with Crippen molar-refractivity contribution in [2.45, 2.75) is 17.5 Å². The smallest absolute Gasteiger partial charge is 0.393 e. The molecule has 0 amide bonds. The minimum Gasteiger partial charge on any atom is -0.481 e. The Morgan fingerprint density at radius 3 is 2.46 bits per heavy atom. The second-order valence-electron chi connectivity index (χ2n) is 5.82. The molecule has 1 heterocycles. The van der Waals surface area contributed by atoms with Gasteiger partial charge in [-0.2, -0.15) is 17.5 Å². The number of aliphatic carboxylic acids is 1. The number of nitrogens with zero attached hydrogens (tertiary/aromatic N) is 1. The molecule has 144 valence electrons. The topological polar surface area (TPSA) is 101 Å². The van der Waals surface area contributed by atoms with Crippen LogP contribution in [0.4, 0.5) is 13.2 Å². The SMILES string of the molecule is COC(=O)Cc1cccc(S(=O)(=O)N2C[C@@H](C(F)(F)F)[C@H](C(=O)O)C2)c1. The van der Waals surface area contributed by atoms with Crippen molar-refractivity contribution in [3.63, 3.8) is 0 Å². The van der Waals surface area contributed by atoms with Crippen molar-refractivity contribution >= 4 is 22.0 Å². The first kappa shape index (κ1) is 20.2. The van der Waals surface area contributed by atoms with Crippen LogP contribution in [0.1, 0.15) is 5.56 Å². The maximum Gasteiger partial charge on any atom is 0.393 e. The zero-order valence-electron chi connectivity index (χ0n) is 13.6. The van der Waals surface area contributed by atoms with Crippen molar-refractivity contribution in [2.75, 3.05) is 20.2 Å². The minimum atomic E-state index is -4.83. The summed E-state index contributed by atoms with van der Waals surface area (Å²) >= 11 is 0. The fourth-order valence-corrected chi connectivity index (χ4v) is 4.31. The Morgan fingerprint density at radius 2 is 1.96 bits per heavy atom. The number of hydrogen-bond donors (Lipinski definition) is 1. The number of carbonyl (C=O) groups excluding carboxylic acids is 1. The summed E-state index contributed by atoms with van der Waals surface area (Å²) in [5, 5.41) is 9.00. The van der Waals surface area contributed by atoms with Gasteiger partial charge in [0.25, 0.3) is 0 Å². The van der Waals surface area contributed by atoms with Gasteiger partial charge in [-0.25, -0.2) is 8.42 Å². The quantitative estimate of drug-likeness (QED) is 0.754. The zero-order valence-corrected chi connectivity index (χ0v) is 14.4. The summed E-state index contributed by atoms with van der Waals surface area (Å²) in [6.07, 6.45) is -5.04. The van der Waals surface area contributed by atoms with Crippen molar-refractivity contribution in [1.29, 1.82) is 0 Å². The number of hydrogen-bond acceptors (Lipinski definition) is 5. The summed E-state index contributed by atoms with van der Waals surface area (Å²) in [6, 6.07) is 5.14. The lowest BCUT2D eigenvalue weighted by molar-refractivity contribution is -0.187. The van der Waals surface area contributed by atoms with E-state index in [-0.39, 0.29) is 11.3 Å². The van der Waals surface area contributed by atoms with E-state index >= 15 is 0 Å².